The molecular weight excluding hydrogens is 278 g/mol. The molecule has 1 aromatic rings. The molecule has 0 saturated heterocycles. The molecule has 122 valence electrons. The molecular formula is C17H27N3O2. The summed E-state index contributed by atoms with van der Waals surface area (Å²) in [6.45, 7) is 3.35. The number of hydrogen-bond donors (Lipinski definition) is 3. The molecule has 1 heterocycles. The first-order valence-electron chi connectivity index (χ1n) is 8.37. The molecule has 0 aliphatic heterocycles. The highest BCUT2D eigenvalue weighted by atomic mass is 16.3. The van der Waals surface area contributed by atoms with E-state index in [2.05, 4.69) is 15.6 Å². The minimum atomic E-state index is -0.108. The molecule has 0 radical (unpaired) electrons. The molecule has 3 N–H and O–H groups in total. The van der Waals surface area contributed by atoms with Gasteiger partial charge in [-0.25, -0.2) is 4.98 Å². The fraction of sp³-hybridized carbons (Fsp3) is 0.647. The van der Waals surface area contributed by atoms with Gasteiger partial charge in [0.1, 0.15) is 5.82 Å². The number of nitrogens with zero attached hydrogens (tertiary/aromatic N) is 1. The van der Waals surface area contributed by atoms with Crippen molar-refractivity contribution in [2.45, 2.75) is 51.6 Å². The van der Waals surface area contributed by atoms with Crippen molar-refractivity contribution in [3.63, 3.8) is 0 Å². The van der Waals surface area contributed by atoms with Crippen molar-refractivity contribution in [3.05, 3.63) is 23.9 Å². The maximum atomic E-state index is 11.6. The van der Waals surface area contributed by atoms with Crippen LogP contribution in [0.4, 0.5) is 5.82 Å². The van der Waals surface area contributed by atoms with Gasteiger partial charge in [0, 0.05) is 19.3 Å². The summed E-state index contributed by atoms with van der Waals surface area (Å²) in [4.78, 5) is 15.9. The lowest BCUT2D eigenvalue weighted by Crippen LogP contribution is -2.24. The van der Waals surface area contributed by atoms with Crippen LogP contribution in [-0.2, 0) is 0 Å². The van der Waals surface area contributed by atoms with Gasteiger partial charge in [-0.05, 0) is 50.7 Å². The topological polar surface area (TPSA) is 74.2 Å². The molecule has 1 aliphatic carbocycles. The molecule has 22 heavy (non-hydrogen) atoms. The summed E-state index contributed by atoms with van der Waals surface area (Å²) in [6, 6.07) is 3.62. The van der Waals surface area contributed by atoms with Gasteiger partial charge in [0.05, 0.1) is 11.7 Å². The van der Waals surface area contributed by atoms with E-state index in [0.717, 1.165) is 44.5 Å². The number of pyridine rings is 1. The monoisotopic (exact) mass is 305 g/mol. The maximum absolute atomic E-state index is 11.6. The van der Waals surface area contributed by atoms with Crippen molar-refractivity contribution in [1.29, 1.82) is 0 Å². The van der Waals surface area contributed by atoms with Crippen molar-refractivity contribution in [1.82, 2.24) is 10.3 Å². The molecule has 1 aliphatic rings. The van der Waals surface area contributed by atoms with Gasteiger partial charge < -0.3 is 15.7 Å². The van der Waals surface area contributed by atoms with Gasteiger partial charge in [0.25, 0.3) is 5.91 Å². The molecule has 1 fully saturated rings. The highest BCUT2D eigenvalue weighted by Crippen LogP contribution is 2.27. The fourth-order valence-corrected chi connectivity index (χ4v) is 3.00. The van der Waals surface area contributed by atoms with Crippen LogP contribution in [0.1, 0.15) is 55.8 Å². The van der Waals surface area contributed by atoms with Crippen LogP contribution in [-0.4, -0.2) is 35.2 Å². The van der Waals surface area contributed by atoms with Crippen molar-refractivity contribution in [3.8, 4) is 0 Å². The molecule has 1 saturated carbocycles. The second kappa shape index (κ2) is 8.73. The van der Waals surface area contributed by atoms with E-state index in [9.17, 15) is 9.90 Å². The molecule has 0 aromatic carbocycles. The summed E-state index contributed by atoms with van der Waals surface area (Å²) in [5, 5.41) is 16.0. The predicted molar refractivity (Wildman–Crippen MR) is 87.9 cm³/mol. The van der Waals surface area contributed by atoms with Crippen LogP contribution in [0.25, 0.3) is 0 Å². The minimum Gasteiger partial charge on any atom is -0.393 e. The van der Waals surface area contributed by atoms with Gasteiger partial charge >= 0.3 is 0 Å². The summed E-state index contributed by atoms with van der Waals surface area (Å²) in [5.41, 5.74) is 0.581. The molecule has 5 nitrogen and oxygen atoms in total. The number of carbonyl (C=O) groups excluding carboxylic acids is 1. The number of anilines is 1. The molecule has 1 amide bonds. The quantitative estimate of drug-likeness (QED) is 0.677. The number of aliphatic hydroxyl groups excluding tert-OH is 1. The summed E-state index contributed by atoms with van der Waals surface area (Å²) in [7, 11) is 0. The zero-order valence-corrected chi connectivity index (χ0v) is 13.3. The SMILES string of the molecule is CCNC(=O)c1ccc(NCCCC2CCCCC2O)nc1. The van der Waals surface area contributed by atoms with Crippen molar-refractivity contribution in [2.24, 2.45) is 5.92 Å². The lowest BCUT2D eigenvalue weighted by atomic mass is 9.83. The third kappa shape index (κ3) is 4.98. The van der Waals surface area contributed by atoms with Gasteiger partial charge in [-0.15, -0.1) is 0 Å². The highest BCUT2D eigenvalue weighted by Gasteiger charge is 2.22. The zero-order valence-electron chi connectivity index (χ0n) is 13.3. The van der Waals surface area contributed by atoms with Crippen molar-refractivity contribution in [2.75, 3.05) is 18.4 Å². The van der Waals surface area contributed by atoms with Crippen LogP contribution in [0, 0.1) is 5.92 Å². The number of aliphatic hydroxyl groups is 1. The van der Waals surface area contributed by atoms with E-state index in [1.165, 1.54) is 6.42 Å². The Morgan fingerprint density at radius 1 is 1.36 bits per heavy atom. The molecule has 2 atom stereocenters. The van der Waals surface area contributed by atoms with Crippen LogP contribution < -0.4 is 10.6 Å². The molecule has 1 aromatic heterocycles. The smallest absolute Gasteiger partial charge is 0.252 e. The molecule has 0 spiro atoms. The molecule has 2 unspecified atom stereocenters. The van der Waals surface area contributed by atoms with E-state index in [4.69, 9.17) is 0 Å². The predicted octanol–water partition coefficient (Wildman–Crippen LogP) is 2.57. The third-order valence-corrected chi connectivity index (χ3v) is 4.29. The lowest BCUT2D eigenvalue weighted by Gasteiger charge is -2.27. The second-order valence-corrected chi connectivity index (χ2v) is 5.97. The second-order valence-electron chi connectivity index (χ2n) is 5.97. The number of rotatable bonds is 7. The Bertz CT molecular complexity index is 461. The number of nitrogens with one attached hydrogen (secondary N) is 2. The average molecular weight is 305 g/mol. The van der Waals surface area contributed by atoms with Gasteiger partial charge in [-0.3, -0.25) is 4.79 Å². The number of aromatic nitrogens is 1. The first-order chi connectivity index (χ1) is 10.7. The van der Waals surface area contributed by atoms with Gasteiger partial charge in [-0.1, -0.05) is 12.8 Å². The fourth-order valence-electron chi connectivity index (χ4n) is 3.00. The van der Waals surface area contributed by atoms with Gasteiger partial charge in [-0.2, -0.15) is 0 Å². The zero-order chi connectivity index (χ0) is 15.8. The molecule has 2 rings (SSSR count). The normalized spacial score (nSPS) is 21.4. The first-order valence-corrected chi connectivity index (χ1v) is 8.37. The van der Waals surface area contributed by atoms with E-state index in [0.29, 0.717) is 18.0 Å². The Morgan fingerprint density at radius 3 is 2.86 bits per heavy atom. The summed E-state index contributed by atoms with van der Waals surface area (Å²) in [5.74, 6) is 1.16. The summed E-state index contributed by atoms with van der Waals surface area (Å²) in [6.07, 6.45) is 8.10. The van der Waals surface area contributed by atoms with Crippen LogP contribution in [0.5, 0.6) is 0 Å². The lowest BCUT2D eigenvalue weighted by molar-refractivity contribution is 0.0648. The Hall–Kier alpha value is -1.62. The number of amides is 1. The number of carbonyl (C=O) groups is 1. The third-order valence-electron chi connectivity index (χ3n) is 4.29. The number of hydrogen-bond acceptors (Lipinski definition) is 4. The Kier molecular flexibility index (Phi) is 6.65. The van der Waals surface area contributed by atoms with E-state index >= 15 is 0 Å². The largest absolute Gasteiger partial charge is 0.393 e. The standard InChI is InChI=1S/C17H27N3O2/c1-2-18-17(22)14-9-10-16(20-12-14)19-11-5-7-13-6-3-4-8-15(13)21/h9-10,12-13,15,21H,2-8,11H2,1H3,(H,18,22)(H,19,20). The summed E-state index contributed by atoms with van der Waals surface area (Å²) >= 11 is 0. The van der Waals surface area contributed by atoms with Crippen LogP contribution in [0.3, 0.4) is 0 Å². The minimum absolute atomic E-state index is 0.0900. The van der Waals surface area contributed by atoms with E-state index in [1.807, 2.05) is 13.0 Å². The Morgan fingerprint density at radius 2 is 2.18 bits per heavy atom. The van der Waals surface area contributed by atoms with Crippen molar-refractivity contribution >= 4 is 11.7 Å². The van der Waals surface area contributed by atoms with Gasteiger partial charge in [0.2, 0.25) is 0 Å². The van der Waals surface area contributed by atoms with Crippen LogP contribution >= 0.6 is 0 Å². The Balaban J connectivity index is 1.69. The summed E-state index contributed by atoms with van der Waals surface area (Å²) < 4.78 is 0. The molecule has 5 heteroatoms. The highest BCUT2D eigenvalue weighted by molar-refractivity contribution is 5.93. The van der Waals surface area contributed by atoms with Crippen molar-refractivity contribution < 1.29 is 9.90 Å². The first kappa shape index (κ1) is 16.7. The average Bonchev–Trinajstić information content (AvgIpc) is 2.54. The molecule has 0 bridgehead atoms. The Labute approximate surface area is 132 Å². The maximum Gasteiger partial charge on any atom is 0.252 e. The van der Waals surface area contributed by atoms with E-state index in [1.54, 1.807) is 12.3 Å². The van der Waals surface area contributed by atoms with Crippen LogP contribution in [0.2, 0.25) is 0 Å². The van der Waals surface area contributed by atoms with Crippen LogP contribution in [0.15, 0.2) is 18.3 Å². The van der Waals surface area contributed by atoms with E-state index in [-0.39, 0.29) is 12.0 Å². The van der Waals surface area contributed by atoms with E-state index < -0.39 is 0 Å². The van der Waals surface area contributed by atoms with Gasteiger partial charge in [0.15, 0.2) is 0 Å².